The van der Waals surface area contributed by atoms with E-state index in [9.17, 15) is 4.79 Å². The minimum absolute atomic E-state index is 0.249. The topological polar surface area (TPSA) is 123 Å². The van der Waals surface area contributed by atoms with E-state index in [1.807, 2.05) is 24.3 Å². The number of aromatic nitrogens is 2. The number of para-hydroxylation sites is 1. The molecule has 5 N–H and O–H groups in total. The number of nitrogens with zero attached hydrogens (tertiary/aromatic N) is 2. The second-order valence-electron chi connectivity index (χ2n) is 5.62. The number of anilines is 4. The number of benzene rings is 2. The molecule has 0 saturated heterocycles. The molecule has 1 amide bonds. The third kappa shape index (κ3) is 4.21. The Bertz CT molecular complexity index is 962. The van der Waals surface area contributed by atoms with E-state index in [4.69, 9.17) is 15.2 Å². The molecule has 3 rings (SSSR count). The zero-order chi connectivity index (χ0) is 19.9. The van der Waals surface area contributed by atoms with Crippen LogP contribution >= 0.6 is 0 Å². The number of methoxy groups -OCH3 is 2. The molecular weight excluding hydrogens is 360 g/mol. The predicted octanol–water partition coefficient (Wildman–Crippen LogP) is 2.58. The highest BCUT2D eigenvalue weighted by molar-refractivity contribution is 5.97. The lowest BCUT2D eigenvalue weighted by Gasteiger charge is -2.14. The van der Waals surface area contributed by atoms with Gasteiger partial charge < -0.3 is 20.5 Å². The SMILES string of the molecule is COc1ccc(Nc2ncnc(NNC(=O)c3ccccc3OC)c2N)cc1. The van der Waals surface area contributed by atoms with Gasteiger partial charge in [0.15, 0.2) is 11.6 Å². The fourth-order valence-electron chi connectivity index (χ4n) is 2.42. The molecule has 144 valence electrons. The molecule has 0 spiro atoms. The molecular formula is C19H20N6O3. The summed E-state index contributed by atoms with van der Waals surface area (Å²) >= 11 is 0. The number of rotatable bonds is 7. The summed E-state index contributed by atoms with van der Waals surface area (Å²) in [7, 11) is 3.10. The minimum Gasteiger partial charge on any atom is -0.497 e. The highest BCUT2D eigenvalue weighted by Gasteiger charge is 2.13. The van der Waals surface area contributed by atoms with Gasteiger partial charge in [-0.25, -0.2) is 9.97 Å². The monoisotopic (exact) mass is 380 g/mol. The van der Waals surface area contributed by atoms with Crippen molar-refractivity contribution in [1.29, 1.82) is 0 Å². The molecule has 0 aliphatic rings. The quantitative estimate of drug-likeness (QED) is 0.461. The molecule has 2 aromatic carbocycles. The van der Waals surface area contributed by atoms with Crippen molar-refractivity contribution in [2.75, 3.05) is 30.7 Å². The van der Waals surface area contributed by atoms with Gasteiger partial charge in [0.05, 0.1) is 19.8 Å². The number of hydrogen-bond donors (Lipinski definition) is 4. The lowest BCUT2D eigenvalue weighted by molar-refractivity contribution is 0.0959. The van der Waals surface area contributed by atoms with Crippen LogP contribution in [0.15, 0.2) is 54.9 Å². The molecule has 0 atom stereocenters. The third-order valence-corrected chi connectivity index (χ3v) is 3.88. The molecule has 0 saturated carbocycles. The minimum atomic E-state index is -0.389. The average Bonchev–Trinajstić information content (AvgIpc) is 2.74. The van der Waals surface area contributed by atoms with Crippen LogP contribution in [0.1, 0.15) is 10.4 Å². The van der Waals surface area contributed by atoms with E-state index >= 15 is 0 Å². The van der Waals surface area contributed by atoms with Gasteiger partial charge in [-0.1, -0.05) is 12.1 Å². The van der Waals surface area contributed by atoms with Gasteiger partial charge in [-0.05, 0) is 36.4 Å². The van der Waals surface area contributed by atoms with E-state index in [1.165, 1.54) is 13.4 Å². The summed E-state index contributed by atoms with van der Waals surface area (Å²) in [4.78, 5) is 20.6. The molecule has 9 nitrogen and oxygen atoms in total. The Morgan fingerprint density at radius 3 is 2.39 bits per heavy atom. The smallest absolute Gasteiger partial charge is 0.273 e. The molecule has 0 aliphatic carbocycles. The zero-order valence-electron chi connectivity index (χ0n) is 15.4. The first-order chi connectivity index (χ1) is 13.6. The summed E-state index contributed by atoms with van der Waals surface area (Å²) in [5.74, 6) is 1.46. The van der Waals surface area contributed by atoms with Gasteiger partial charge >= 0.3 is 0 Å². The van der Waals surface area contributed by atoms with Crippen molar-refractivity contribution in [3.63, 3.8) is 0 Å². The zero-order valence-corrected chi connectivity index (χ0v) is 15.4. The van der Waals surface area contributed by atoms with Crippen LogP contribution in [0.3, 0.4) is 0 Å². The first-order valence-electron chi connectivity index (χ1n) is 8.33. The summed E-state index contributed by atoms with van der Waals surface area (Å²) in [5.41, 5.74) is 12.8. The average molecular weight is 380 g/mol. The lowest BCUT2D eigenvalue weighted by atomic mass is 10.2. The largest absolute Gasteiger partial charge is 0.497 e. The predicted molar refractivity (Wildman–Crippen MR) is 107 cm³/mol. The van der Waals surface area contributed by atoms with Crippen molar-refractivity contribution in [1.82, 2.24) is 15.4 Å². The second-order valence-corrected chi connectivity index (χ2v) is 5.62. The number of nitrogen functional groups attached to an aromatic ring is 1. The van der Waals surface area contributed by atoms with Gasteiger partial charge in [-0.3, -0.25) is 15.6 Å². The molecule has 3 aromatic rings. The van der Waals surface area contributed by atoms with Crippen molar-refractivity contribution in [2.45, 2.75) is 0 Å². The normalized spacial score (nSPS) is 10.1. The van der Waals surface area contributed by atoms with Crippen LogP contribution in [0.2, 0.25) is 0 Å². The van der Waals surface area contributed by atoms with Gasteiger partial charge in [0.1, 0.15) is 23.5 Å². The summed E-state index contributed by atoms with van der Waals surface area (Å²) in [6.45, 7) is 0. The Morgan fingerprint density at radius 1 is 0.964 bits per heavy atom. The number of amides is 1. The van der Waals surface area contributed by atoms with Crippen molar-refractivity contribution in [3.05, 3.63) is 60.4 Å². The fraction of sp³-hybridized carbons (Fsp3) is 0.105. The summed E-state index contributed by atoms with van der Waals surface area (Å²) in [6.07, 6.45) is 1.33. The summed E-state index contributed by atoms with van der Waals surface area (Å²) < 4.78 is 10.3. The maximum absolute atomic E-state index is 12.4. The van der Waals surface area contributed by atoms with E-state index in [0.29, 0.717) is 17.1 Å². The Balaban J connectivity index is 1.71. The maximum atomic E-state index is 12.4. The van der Waals surface area contributed by atoms with E-state index < -0.39 is 0 Å². The molecule has 9 heteroatoms. The Hall–Kier alpha value is -4.01. The van der Waals surface area contributed by atoms with E-state index in [1.54, 1.807) is 31.4 Å². The van der Waals surface area contributed by atoms with Crippen LogP contribution in [0.5, 0.6) is 11.5 Å². The Labute approximate surface area is 161 Å². The molecule has 0 aliphatic heterocycles. The molecule has 0 bridgehead atoms. The van der Waals surface area contributed by atoms with Gasteiger partial charge in [-0.15, -0.1) is 0 Å². The summed E-state index contributed by atoms with van der Waals surface area (Å²) in [6, 6.07) is 14.2. The van der Waals surface area contributed by atoms with Gasteiger partial charge in [0.2, 0.25) is 0 Å². The first kappa shape index (κ1) is 18.8. The second kappa shape index (κ2) is 8.58. The Kier molecular flexibility index (Phi) is 5.75. The number of nitrogens with two attached hydrogens (primary N) is 1. The highest BCUT2D eigenvalue weighted by Crippen LogP contribution is 2.26. The number of nitrogens with one attached hydrogen (secondary N) is 3. The van der Waals surface area contributed by atoms with Crippen LogP contribution in [0.4, 0.5) is 23.0 Å². The number of carbonyl (C=O) groups excluding carboxylic acids is 1. The number of hydrazine groups is 1. The summed E-state index contributed by atoms with van der Waals surface area (Å²) in [5, 5.41) is 3.10. The molecule has 0 fully saturated rings. The van der Waals surface area contributed by atoms with Crippen LogP contribution in [-0.4, -0.2) is 30.1 Å². The highest BCUT2D eigenvalue weighted by atomic mass is 16.5. The molecule has 0 unspecified atom stereocenters. The number of carbonyl (C=O) groups is 1. The van der Waals surface area contributed by atoms with Gasteiger partial charge in [0, 0.05) is 5.69 Å². The number of ether oxygens (including phenoxy) is 2. The van der Waals surface area contributed by atoms with E-state index in [2.05, 4.69) is 26.1 Å². The van der Waals surface area contributed by atoms with Gasteiger partial charge in [0.25, 0.3) is 5.91 Å². The van der Waals surface area contributed by atoms with Crippen LogP contribution in [-0.2, 0) is 0 Å². The van der Waals surface area contributed by atoms with Gasteiger partial charge in [-0.2, -0.15) is 0 Å². The van der Waals surface area contributed by atoms with Crippen molar-refractivity contribution >= 4 is 28.9 Å². The maximum Gasteiger partial charge on any atom is 0.273 e. The lowest BCUT2D eigenvalue weighted by Crippen LogP contribution is -2.30. The third-order valence-electron chi connectivity index (χ3n) is 3.88. The standard InChI is InChI=1S/C19H20N6O3/c1-27-13-9-7-12(8-10-13)23-17-16(20)18(22-11-21-17)24-25-19(26)14-5-3-4-6-15(14)28-2/h3-11H,20H2,1-2H3,(H,25,26)(H2,21,22,23,24). The first-order valence-corrected chi connectivity index (χ1v) is 8.33. The molecule has 28 heavy (non-hydrogen) atoms. The van der Waals surface area contributed by atoms with Crippen LogP contribution in [0.25, 0.3) is 0 Å². The van der Waals surface area contributed by atoms with E-state index in [-0.39, 0.29) is 17.4 Å². The Morgan fingerprint density at radius 2 is 1.68 bits per heavy atom. The van der Waals surface area contributed by atoms with Crippen molar-refractivity contribution in [2.24, 2.45) is 0 Å². The molecule has 1 aromatic heterocycles. The van der Waals surface area contributed by atoms with Crippen molar-refractivity contribution < 1.29 is 14.3 Å². The fourth-order valence-corrected chi connectivity index (χ4v) is 2.42. The molecule has 1 heterocycles. The molecule has 0 radical (unpaired) electrons. The van der Waals surface area contributed by atoms with Crippen LogP contribution < -0.4 is 31.4 Å². The van der Waals surface area contributed by atoms with E-state index in [0.717, 1.165) is 11.4 Å². The van der Waals surface area contributed by atoms with Crippen LogP contribution in [0, 0.1) is 0 Å². The number of hydrogen-bond acceptors (Lipinski definition) is 8. The van der Waals surface area contributed by atoms with Crippen molar-refractivity contribution in [3.8, 4) is 11.5 Å².